The van der Waals surface area contributed by atoms with Crippen molar-refractivity contribution in [2.24, 2.45) is 17.8 Å². The Labute approximate surface area is 179 Å². The van der Waals surface area contributed by atoms with Gasteiger partial charge in [0.1, 0.15) is 12.1 Å². The zero-order chi connectivity index (χ0) is 22.8. The maximum absolute atomic E-state index is 13.0. The Hall–Kier alpha value is -1.96. The van der Waals surface area contributed by atoms with Crippen molar-refractivity contribution >= 4 is 23.5 Å². The van der Waals surface area contributed by atoms with E-state index < -0.39 is 23.7 Å². The van der Waals surface area contributed by atoms with Crippen LogP contribution in [-0.2, 0) is 23.9 Å². The Balaban J connectivity index is 2.08. The fraction of sp³-hybridized carbons (Fsp3) is 0.818. The minimum absolute atomic E-state index is 0.0706. The van der Waals surface area contributed by atoms with E-state index in [1.807, 2.05) is 34.6 Å². The van der Waals surface area contributed by atoms with Crippen LogP contribution in [0.4, 0.5) is 0 Å². The highest BCUT2D eigenvalue weighted by atomic mass is 16.6. The van der Waals surface area contributed by atoms with Crippen molar-refractivity contribution in [2.45, 2.75) is 97.6 Å². The van der Waals surface area contributed by atoms with Crippen molar-refractivity contribution in [1.29, 1.82) is 0 Å². The lowest BCUT2D eigenvalue weighted by molar-refractivity contribution is -0.135. The highest BCUT2D eigenvalue weighted by Crippen LogP contribution is 2.48. The molecule has 1 heterocycles. The third kappa shape index (κ3) is 5.80. The number of ketones is 1. The van der Waals surface area contributed by atoms with E-state index in [9.17, 15) is 19.2 Å². The van der Waals surface area contributed by atoms with Crippen molar-refractivity contribution in [1.82, 2.24) is 16.0 Å². The van der Waals surface area contributed by atoms with E-state index in [4.69, 9.17) is 4.74 Å². The molecule has 30 heavy (non-hydrogen) atoms. The first kappa shape index (κ1) is 24.3. The van der Waals surface area contributed by atoms with E-state index >= 15 is 0 Å². The zero-order valence-electron chi connectivity index (χ0n) is 19.2. The molecule has 1 saturated heterocycles. The summed E-state index contributed by atoms with van der Waals surface area (Å²) in [6.45, 7) is 13.0. The van der Waals surface area contributed by atoms with Crippen LogP contribution in [0.2, 0.25) is 0 Å². The second kappa shape index (κ2) is 9.45. The van der Waals surface area contributed by atoms with Gasteiger partial charge in [-0.05, 0) is 43.9 Å². The standard InChI is InChI=1S/C22H37N3O5/c1-11(2)8-16(23-14(6)26)20(28)25-17(9-12(3)4)21(29)24-15-10-13(5)19-22(7,30-19)18(15)27/h11-13,15-17,19H,8-10H2,1-7H3,(H,23,26)(H,24,29)(H,25,28)/t13?,15-,16-,17-,19?,22-/m0/s1. The molecule has 1 aliphatic heterocycles. The fourth-order valence-corrected chi connectivity index (χ4v) is 4.36. The molecule has 8 heteroatoms. The molecule has 2 rings (SSSR count). The molecule has 8 nitrogen and oxygen atoms in total. The highest BCUT2D eigenvalue weighted by molar-refractivity contribution is 5.99. The second-order valence-electron chi connectivity index (χ2n) is 9.86. The van der Waals surface area contributed by atoms with E-state index in [1.165, 1.54) is 6.92 Å². The number of fused-ring (bicyclic) bond motifs is 1. The first-order valence-electron chi connectivity index (χ1n) is 10.9. The predicted molar refractivity (Wildman–Crippen MR) is 112 cm³/mol. The SMILES string of the molecule is CC(=O)N[C@@H](CC(C)C)C(=O)N[C@@H](CC(C)C)C(=O)N[C@H]1CC(C)C2O[C@@]2(C)C1=O. The summed E-state index contributed by atoms with van der Waals surface area (Å²) in [6.07, 6.45) is 1.35. The molecular weight excluding hydrogens is 386 g/mol. The Morgan fingerprint density at radius 2 is 1.57 bits per heavy atom. The van der Waals surface area contributed by atoms with Crippen molar-refractivity contribution in [2.75, 3.05) is 0 Å². The number of Topliss-reactive ketones (excluding diaryl/α,β-unsaturated/α-hetero) is 1. The summed E-state index contributed by atoms with van der Waals surface area (Å²) >= 11 is 0. The summed E-state index contributed by atoms with van der Waals surface area (Å²) in [6, 6.07) is -2.11. The summed E-state index contributed by atoms with van der Waals surface area (Å²) in [5.41, 5.74) is -0.805. The highest BCUT2D eigenvalue weighted by Gasteiger charge is 2.65. The average molecular weight is 424 g/mol. The van der Waals surface area contributed by atoms with Gasteiger partial charge >= 0.3 is 0 Å². The van der Waals surface area contributed by atoms with Gasteiger partial charge in [0.2, 0.25) is 17.7 Å². The van der Waals surface area contributed by atoms with Gasteiger partial charge in [-0.25, -0.2) is 0 Å². The third-order valence-electron chi connectivity index (χ3n) is 5.85. The van der Waals surface area contributed by atoms with Gasteiger partial charge in [0.25, 0.3) is 0 Å². The first-order valence-corrected chi connectivity index (χ1v) is 10.9. The Morgan fingerprint density at radius 1 is 1.03 bits per heavy atom. The molecule has 0 bridgehead atoms. The maximum atomic E-state index is 13.0. The van der Waals surface area contributed by atoms with Crippen LogP contribution in [0.3, 0.4) is 0 Å². The number of ether oxygens (including phenoxy) is 1. The number of amides is 3. The van der Waals surface area contributed by atoms with Crippen LogP contribution in [0.5, 0.6) is 0 Å². The summed E-state index contributed by atoms with van der Waals surface area (Å²) in [4.78, 5) is 50.1. The molecule has 2 unspecified atom stereocenters. The second-order valence-corrected chi connectivity index (χ2v) is 9.86. The summed E-state index contributed by atoms with van der Waals surface area (Å²) in [7, 11) is 0. The number of carbonyl (C=O) groups is 4. The Morgan fingerprint density at radius 3 is 2.07 bits per heavy atom. The van der Waals surface area contributed by atoms with Crippen LogP contribution < -0.4 is 16.0 Å². The van der Waals surface area contributed by atoms with Crippen LogP contribution in [0, 0.1) is 17.8 Å². The smallest absolute Gasteiger partial charge is 0.243 e. The van der Waals surface area contributed by atoms with E-state index in [2.05, 4.69) is 16.0 Å². The number of nitrogens with one attached hydrogen (secondary N) is 3. The van der Waals surface area contributed by atoms with Crippen LogP contribution in [-0.4, -0.2) is 53.3 Å². The summed E-state index contributed by atoms with van der Waals surface area (Å²) < 4.78 is 5.59. The number of hydrogen-bond acceptors (Lipinski definition) is 5. The lowest BCUT2D eigenvalue weighted by Crippen LogP contribution is -2.58. The minimum atomic E-state index is -0.805. The molecule has 0 aromatic carbocycles. The topological polar surface area (TPSA) is 117 Å². The lowest BCUT2D eigenvalue weighted by Gasteiger charge is -2.30. The average Bonchev–Trinajstić information content (AvgIpc) is 3.31. The quantitative estimate of drug-likeness (QED) is 0.484. The predicted octanol–water partition coefficient (Wildman–Crippen LogP) is 1.32. The van der Waals surface area contributed by atoms with Gasteiger partial charge in [0.05, 0.1) is 12.1 Å². The molecule has 1 aliphatic carbocycles. The molecule has 6 atom stereocenters. The van der Waals surface area contributed by atoms with Crippen LogP contribution in [0.1, 0.15) is 67.7 Å². The maximum Gasteiger partial charge on any atom is 0.243 e. The molecule has 1 saturated carbocycles. The Bertz CT molecular complexity index is 692. The number of carbonyl (C=O) groups excluding carboxylic acids is 4. The van der Waals surface area contributed by atoms with E-state index in [0.29, 0.717) is 19.3 Å². The lowest BCUT2D eigenvalue weighted by atomic mass is 9.79. The van der Waals surface area contributed by atoms with E-state index in [-0.39, 0.29) is 47.4 Å². The van der Waals surface area contributed by atoms with Gasteiger partial charge in [0.15, 0.2) is 11.4 Å². The molecular formula is C22H37N3O5. The Kier molecular flexibility index (Phi) is 7.66. The number of hydrogen-bond donors (Lipinski definition) is 3. The van der Waals surface area contributed by atoms with Gasteiger partial charge < -0.3 is 20.7 Å². The van der Waals surface area contributed by atoms with E-state index in [0.717, 1.165) is 0 Å². The van der Waals surface area contributed by atoms with Crippen molar-refractivity contribution in [3.05, 3.63) is 0 Å². The van der Waals surface area contributed by atoms with Gasteiger partial charge in [0, 0.05) is 6.92 Å². The summed E-state index contributed by atoms with van der Waals surface area (Å²) in [5.74, 6) is -0.652. The summed E-state index contributed by atoms with van der Waals surface area (Å²) in [5, 5.41) is 8.31. The van der Waals surface area contributed by atoms with Crippen LogP contribution in [0.25, 0.3) is 0 Å². The molecule has 0 aromatic rings. The van der Waals surface area contributed by atoms with Crippen LogP contribution >= 0.6 is 0 Å². The molecule has 0 radical (unpaired) electrons. The molecule has 0 spiro atoms. The fourth-order valence-electron chi connectivity index (χ4n) is 4.36. The molecule has 170 valence electrons. The van der Waals surface area contributed by atoms with Crippen molar-refractivity contribution in [3.63, 3.8) is 0 Å². The molecule has 3 amide bonds. The van der Waals surface area contributed by atoms with Crippen molar-refractivity contribution in [3.8, 4) is 0 Å². The molecule has 0 aromatic heterocycles. The van der Waals surface area contributed by atoms with Crippen LogP contribution in [0.15, 0.2) is 0 Å². The zero-order valence-corrected chi connectivity index (χ0v) is 19.2. The van der Waals surface area contributed by atoms with Gasteiger partial charge in [-0.15, -0.1) is 0 Å². The van der Waals surface area contributed by atoms with Gasteiger partial charge in [-0.3, -0.25) is 19.2 Å². The number of epoxide rings is 1. The normalized spacial score (nSPS) is 29.8. The van der Waals surface area contributed by atoms with E-state index in [1.54, 1.807) is 6.92 Å². The molecule has 2 aliphatic rings. The molecule has 3 N–H and O–H groups in total. The monoisotopic (exact) mass is 423 g/mol. The minimum Gasteiger partial charge on any atom is -0.358 e. The van der Waals surface area contributed by atoms with Gasteiger partial charge in [-0.2, -0.15) is 0 Å². The van der Waals surface area contributed by atoms with Crippen molar-refractivity contribution < 1.29 is 23.9 Å². The third-order valence-corrected chi connectivity index (χ3v) is 5.85. The molecule has 2 fully saturated rings. The van der Waals surface area contributed by atoms with Gasteiger partial charge in [-0.1, -0.05) is 34.6 Å². The largest absolute Gasteiger partial charge is 0.358 e. The number of rotatable bonds is 9. The first-order chi connectivity index (χ1) is 13.8.